The average molecular weight is 881 g/mol. The van der Waals surface area contributed by atoms with Gasteiger partial charge in [-0.25, -0.2) is 24.5 Å². The Hall–Kier alpha value is -7.19. The highest BCUT2D eigenvalue weighted by Gasteiger charge is 2.56. The summed E-state index contributed by atoms with van der Waals surface area (Å²) in [5, 5.41) is 7.55. The highest BCUT2D eigenvalue weighted by molar-refractivity contribution is 8.00. The second-order valence-corrected chi connectivity index (χ2v) is 15.7. The van der Waals surface area contributed by atoms with Gasteiger partial charge < -0.3 is 20.6 Å². The van der Waals surface area contributed by atoms with Crippen LogP contribution in [0.3, 0.4) is 0 Å². The number of benzene rings is 3. The van der Waals surface area contributed by atoms with Crippen LogP contribution in [0.25, 0.3) is 0 Å². The molecule has 0 bridgehead atoms. The van der Waals surface area contributed by atoms with E-state index in [1.165, 1.54) is 28.7 Å². The zero-order chi connectivity index (χ0) is 43.6. The third-order valence-corrected chi connectivity index (χ3v) is 11.9. The summed E-state index contributed by atoms with van der Waals surface area (Å²) >= 11 is 2.06. The van der Waals surface area contributed by atoms with Gasteiger partial charge in [0.1, 0.15) is 22.8 Å². The first-order valence-electron chi connectivity index (χ1n) is 18.6. The molecule has 2 aromatic heterocycles. The number of thioether (sulfide) groups is 1. The molecule has 3 N–H and O–H groups in total. The van der Waals surface area contributed by atoms with Gasteiger partial charge in [-0.15, -0.1) is 23.1 Å². The minimum absolute atomic E-state index is 0.00734. The van der Waals surface area contributed by atoms with E-state index in [0.717, 1.165) is 28.0 Å². The van der Waals surface area contributed by atoms with Gasteiger partial charge >= 0.3 is 18.1 Å². The summed E-state index contributed by atoms with van der Waals surface area (Å²) in [6.45, 7) is 0.155. The number of nitrogens with zero attached hydrogens (tertiary/aromatic N) is 6. The Morgan fingerprint density at radius 1 is 0.887 bits per heavy atom. The van der Waals surface area contributed by atoms with Gasteiger partial charge in [0, 0.05) is 52.3 Å². The fraction of sp³-hybridized carbons (Fsp3) is 0.167. The van der Waals surface area contributed by atoms with Crippen LogP contribution >= 0.6 is 23.1 Å². The predicted octanol–water partition coefficient (Wildman–Crippen LogP) is 4.88. The second-order valence-electron chi connectivity index (χ2n) is 13.7. The number of rotatable bonds is 11. The van der Waals surface area contributed by atoms with Gasteiger partial charge in [-0.05, 0) is 24.1 Å². The lowest BCUT2D eigenvalue weighted by Gasteiger charge is -2.49. The van der Waals surface area contributed by atoms with Crippen LogP contribution in [0.4, 0.5) is 24.3 Å². The number of amides is 3. The molecular weight excluding hydrogens is 850 g/mol. The van der Waals surface area contributed by atoms with Gasteiger partial charge in [-0.1, -0.05) is 96.2 Å². The molecule has 0 spiro atoms. The SMILES string of the molecule is Nc1nc(/C(=N/OC(c2ccccc2)(c2ccccc2)c2ccccc2)C(=O)N[C@@H]2C(=O)N3C(C(=O)OC(=O)C(F)(F)F)=C(/C=C4\CCN(c5ncccn5)C4=O)CS[C@H]23)cs1. The minimum Gasteiger partial charge on any atom is -0.382 e. The number of ether oxygens (including phenoxy) is 1. The second kappa shape index (κ2) is 17.1. The summed E-state index contributed by atoms with van der Waals surface area (Å²) in [6.07, 6.45) is -1.25. The van der Waals surface area contributed by atoms with Crippen LogP contribution in [-0.4, -0.2) is 85.1 Å². The smallest absolute Gasteiger partial charge is 0.382 e. The summed E-state index contributed by atoms with van der Waals surface area (Å²) in [6, 6.07) is 27.7. The molecule has 314 valence electrons. The summed E-state index contributed by atoms with van der Waals surface area (Å²) in [7, 11) is 0. The zero-order valence-corrected chi connectivity index (χ0v) is 33.5. The van der Waals surface area contributed by atoms with E-state index in [2.05, 4.69) is 30.2 Å². The van der Waals surface area contributed by atoms with Crippen molar-refractivity contribution in [2.45, 2.75) is 29.6 Å². The average Bonchev–Trinajstić information content (AvgIpc) is 3.88. The number of nitrogen functional groups attached to an aromatic ring is 1. The Morgan fingerprint density at radius 3 is 2.03 bits per heavy atom. The number of carbonyl (C=O) groups is 5. The number of oxime groups is 1. The molecule has 62 heavy (non-hydrogen) atoms. The number of esters is 2. The minimum atomic E-state index is -5.54. The van der Waals surface area contributed by atoms with Crippen molar-refractivity contribution in [2.75, 3.05) is 22.9 Å². The maximum absolute atomic E-state index is 14.3. The van der Waals surface area contributed by atoms with E-state index in [0.29, 0.717) is 16.7 Å². The van der Waals surface area contributed by atoms with Gasteiger partial charge in [-0.2, -0.15) is 13.2 Å². The number of fused-ring (bicyclic) bond motifs is 1. The van der Waals surface area contributed by atoms with E-state index >= 15 is 0 Å². The van der Waals surface area contributed by atoms with Crippen molar-refractivity contribution in [3.05, 3.63) is 160 Å². The largest absolute Gasteiger partial charge is 0.491 e. The number of thiazole rings is 1. The van der Waals surface area contributed by atoms with Crippen molar-refractivity contribution in [1.82, 2.24) is 25.2 Å². The monoisotopic (exact) mass is 880 g/mol. The van der Waals surface area contributed by atoms with Gasteiger partial charge in [0.15, 0.2) is 10.8 Å². The number of alkyl halides is 3. The molecule has 3 aliphatic heterocycles. The van der Waals surface area contributed by atoms with E-state index in [-0.39, 0.29) is 52.4 Å². The van der Waals surface area contributed by atoms with Crippen LogP contribution in [0.15, 0.2) is 143 Å². The van der Waals surface area contributed by atoms with Gasteiger partial charge in [0.25, 0.3) is 17.7 Å². The molecule has 5 aromatic rings. The summed E-state index contributed by atoms with van der Waals surface area (Å²) in [4.78, 5) is 88.0. The predicted molar refractivity (Wildman–Crippen MR) is 220 cm³/mol. The van der Waals surface area contributed by atoms with E-state index in [1.807, 2.05) is 91.0 Å². The number of aromatic nitrogens is 3. The number of β-lactam (4-membered cyclic amide) rings is 1. The van der Waals surface area contributed by atoms with Crippen molar-refractivity contribution in [2.24, 2.45) is 5.16 Å². The molecule has 0 saturated carbocycles. The normalized spacial score (nSPS) is 18.6. The molecule has 0 radical (unpaired) electrons. The van der Waals surface area contributed by atoms with E-state index in [1.54, 1.807) is 6.07 Å². The van der Waals surface area contributed by atoms with Gasteiger partial charge in [0.05, 0.1) is 0 Å². The maximum Gasteiger partial charge on any atom is 0.491 e. The van der Waals surface area contributed by atoms with Crippen molar-refractivity contribution in [3.63, 3.8) is 0 Å². The molecule has 0 aliphatic carbocycles. The van der Waals surface area contributed by atoms with Crippen molar-refractivity contribution in [1.29, 1.82) is 0 Å². The van der Waals surface area contributed by atoms with Gasteiger partial charge in [-0.3, -0.25) is 24.2 Å². The van der Waals surface area contributed by atoms with E-state index in [9.17, 15) is 37.1 Å². The molecule has 5 heterocycles. The van der Waals surface area contributed by atoms with Crippen LogP contribution in [-0.2, 0) is 39.1 Å². The number of allylic oxidation sites excluding steroid dienone is 1. The molecule has 2 atom stereocenters. The number of nitrogens with two attached hydrogens (primary N) is 1. The molecule has 3 aliphatic rings. The van der Waals surface area contributed by atoms with Gasteiger partial charge in [0.2, 0.25) is 11.5 Å². The Morgan fingerprint density at radius 2 is 1.48 bits per heavy atom. The van der Waals surface area contributed by atoms with E-state index in [4.69, 9.17) is 10.6 Å². The van der Waals surface area contributed by atoms with Crippen LogP contribution in [0.1, 0.15) is 28.8 Å². The Bertz CT molecular complexity index is 2550. The van der Waals surface area contributed by atoms with Crippen LogP contribution in [0.5, 0.6) is 0 Å². The summed E-state index contributed by atoms with van der Waals surface area (Å²) < 4.78 is 44.1. The molecule has 2 fully saturated rings. The molecule has 15 nitrogen and oxygen atoms in total. The summed E-state index contributed by atoms with van der Waals surface area (Å²) in [5.74, 6) is -7.03. The van der Waals surface area contributed by atoms with Crippen molar-refractivity contribution in [3.8, 4) is 0 Å². The first-order valence-corrected chi connectivity index (χ1v) is 20.5. The number of halogens is 3. The standard InChI is InChI=1S/C42H31F3N8O7S2/c43-42(44,45)38(58)59-37(57)32-25(21-24-17-20-52(34(24)55)40-47-18-10-19-48-40)22-61-36-31(35(56)53(32)36)50-33(54)30(29-23-62-39(46)49-29)51-60-41(26-11-4-1-5-12-26,27-13-6-2-7-14-27)28-15-8-3-9-16-28/h1-16,18-19,21,23,31,36H,17,20,22H2,(H2,46,49)(H,50,54)/b24-21+,51-30-/t31-,36-/m1/s1. The third-order valence-electron chi connectivity index (χ3n) is 9.96. The fourth-order valence-corrected chi connectivity index (χ4v) is 8.97. The quantitative estimate of drug-likeness (QED) is 0.0348. The first-order chi connectivity index (χ1) is 29.9. The topological polar surface area (TPSA) is 199 Å². The molecule has 3 amide bonds. The molecule has 20 heteroatoms. The summed E-state index contributed by atoms with van der Waals surface area (Å²) in [5.41, 5.74) is 5.54. The zero-order valence-electron chi connectivity index (χ0n) is 31.9. The number of hydrogen-bond acceptors (Lipinski definition) is 14. The maximum atomic E-state index is 14.3. The highest BCUT2D eigenvalue weighted by atomic mass is 32.2. The van der Waals surface area contributed by atoms with Crippen LogP contribution in [0.2, 0.25) is 0 Å². The number of nitrogens with one attached hydrogen (secondary N) is 1. The first kappa shape index (κ1) is 41.5. The molecular formula is C42H31F3N8O7S2. The van der Waals surface area contributed by atoms with Crippen molar-refractivity contribution < 1.29 is 46.7 Å². The fourth-order valence-electron chi connectivity index (χ4n) is 7.11. The number of anilines is 2. The number of carbonyl (C=O) groups excluding carboxylic acids is 5. The lowest BCUT2D eigenvalue weighted by Crippen LogP contribution is -2.71. The molecule has 3 aromatic carbocycles. The molecule has 8 rings (SSSR count). The van der Waals surface area contributed by atoms with Crippen LogP contribution in [0, 0.1) is 0 Å². The lowest BCUT2D eigenvalue weighted by molar-refractivity contribution is -0.201. The molecule has 0 unspecified atom stereocenters. The van der Waals surface area contributed by atoms with Crippen molar-refractivity contribution >= 4 is 69.6 Å². The Labute approximate surface area is 358 Å². The van der Waals surface area contributed by atoms with E-state index < -0.39 is 58.6 Å². The Kier molecular flexibility index (Phi) is 11.4. The molecule has 2 saturated heterocycles. The number of hydrogen-bond donors (Lipinski definition) is 2. The Balaban J connectivity index is 1.13. The highest BCUT2D eigenvalue weighted by Crippen LogP contribution is 2.43. The van der Waals surface area contributed by atoms with Crippen LogP contribution < -0.4 is 16.0 Å². The third kappa shape index (κ3) is 7.92. The lowest BCUT2D eigenvalue weighted by atomic mass is 9.80.